The first-order valence-corrected chi connectivity index (χ1v) is 8.98. The molecule has 0 aromatic heterocycles. The minimum Gasteiger partial charge on any atom is -0.486 e. The number of nitrogens with zero attached hydrogens (tertiary/aromatic N) is 1. The number of fused-ring (bicyclic) bond motifs is 1. The van der Waals surface area contributed by atoms with Gasteiger partial charge in [0.25, 0.3) is 0 Å². The molecule has 0 fully saturated rings. The summed E-state index contributed by atoms with van der Waals surface area (Å²) in [6.07, 6.45) is 0.298. The summed E-state index contributed by atoms with van der Waals surface area (Å²) in [7, 11) is 3.97. The van der Waals surface area contributed by atoms with Crippen molar-refractivity contribution >= 4 is 17.5 Å². The number of carbonyl (C=O) groups is 1. The normalized spacial score (nSPS) is 14.2. The maximum Gasteiger partial charge on any atom is 0.224 e. The third-order valence-electron chi connectivity index (χ3n) is 4.32. The molecule has 1 unspecified atom stereocenters. The van der Waals surface area contributed by atoms with Gasteiger partial charge in [0.15, 0.2) is 11.5 Å². The van der Waals surface area contributed by atoms with Crippen LogP contribution >= 0.6 is 11.6 Å². The van der Waals surface area contributed by atoms with E-state index in [2.05, 4.69) is 10.2 Å². The second-order valence-electron chi connectivity index (χ2n) is 6.49. The van der Waals surface area contributed by atoms with E-state index in [1.807, 2.05) is 56.6 Å². The minimum absolute atomic E-state index is 0.0319. The number of nitrogens with one attached hydrogen (secondary N) is 1. The first-order chi connectivity index (χ1) is 12.5. The average Bonchev–Trinajstić information content (AvgIpc) is 2.61. The lowest BCUT2D eigenvalue weighted by molar-refractivity contribution is -0.120. The summed E-state index contributed by atoms with van der Waals surface area (Å²) in [6.45, 7) is 1.60. The number of rotatable bonds is 6. The summed E-state index contributed by atoms with van der Waals surface area (Å²) in [5, 5.41) is 3.71. The molecule has 0 radical (unpaired) electrons. The maximum absolute atomic E-state index is 12.4. The molecule has 2 aromatic carbocycles. The average molecular weight is 375 g/mol. The van der Waals surface area contributed by atoms with Gasteiger partial charge in [-0.15, -0.1) is 0 Å². The van der Waals surface area contributed by atoms with E-state index in [-0.39, 0.29) is 11.9 Å². The van der Waals surface area contributed by atoms with Gasteiger partial charge in [0.1, 0.15) is 13.2 Å². The molecule has 5 nitrogen and oxygen atoms in total. The molecule has 0 bridgehead atoms. The number of benzene rings is 2. The lowest BCUT2D eigenvalue weighted by atomic mass is 10.1. The van der Waals surface area contributed by atoms with Gasteiger partial charge in [0, 0.05) is 11.6 Å². The molecule has 1 N–H and O–H groups in total. The van der Waals surface area contributed by atoms with E-state index in [1.165, 1.54) is 0 Å². The van der Waals surface area contributed by atoms with Crippen molar-refractivity contribution in [3.63, 3.8) is 0 Å². The summed E-state index contributed by atoms with van der Waals surface area (Å²) < 4.78 is 11.1. The minimum atomic E-state index is -0.0319. The third-order valence-corrected chi connectivity index (χ3v) is 4.56. The SMILES string of the molecule is CN(C)C(CNC(=O)Cc1ccc2c(c1)OCCO2)c1cccc(Cl)c1. The van der Waals surface area contributed by atoms with Gasteiger partial charge in [-0.05, 0) is 49.5 Å². The van der Waals surface area contributed by atoms with Crippen molar-refractivity contribution in [2.45, 2.75) is 12.5 Å². The van der Waals surface area contributed by atoms with E-state index in [0.29, 0.717) is 37.0 Å². The Bertz CT molecular complexity index is 779. The first-order valence-electron chi connectivity index (χ1n) is 8.60. The predicted octanol–water partition coefficient (Wildman–Crippen LogP) is 3.07. The molecule has 3 rings (SSSR count). The Hall–Kier alpha value is -2.24. The maximum atomic E-state index is 12.4. The lowest BCUT2D eigenvalue weighted by Crippen LogP contribution is -2.35. The Labute approximate surface area is 158 Å². The van der Waals surface area contributed by atoms with E-state index in [1.54, 1.807) is 0 Å². The van der Waals surface area contributed by atoms with Crippen LogP contribution in [0.2, 0.25) is 5.02 Å². The Balaban J connectivity index is 1.60. The molecule has 26 heavy (non-hydrogen) atoms. The van der Waals surface area contributed by atoms with Crippen molar-refractivity contribution in [2.24, 2.45) is 0 Å². The highest BCUT2D eigenvalue weighted by atomic mass is 35.5. The van der Waals surface area contributed by atoms with E-state index >= 15 is 0 Å². The van der Waals surface area contributed by atoms with Gasteiger partial charge < -0.3 is 19.7 Å². The van der Waals surface area contributed by atoms with Crippen LogP contribution in [0.5, 0.6) is 11.5 Å². The van der Waals surface area contributed by atoms with Crippen LogP contribution in [0.3, 0.4) is 0 Å². The molecule has 1 aliphatic rings. The topological polar surface area (TPSA) is 50.8 Å². The van der Waals surface area contributed by atoms with Crippen molar-refractivity contribution in [3.8, 4) is 11.5 Å². The molecule has 0 aliphatic carbocycles. The zero-order valence-electron chi connectivity index (χ0n) is 15.0. The molecule has 6 heteroatoms. The number of likely N-dealkylation sites (N-methyl/N-ethyl adjacent to an activating group) is 1. The zero-order chi connectivity index (χ0) is 18.5. The highest BCUT2D eigenvalue weighted by Crippen LogP contribution is 2.30. The number of amides is 1. The molecule has 1 atom stereocenters. The van der Waals surface area contributed by atoms with Crippen LogP contribution in [0.4, 0.5) is 0 Å². The molecular formula is C20H23ClN2O3. The van der Waals surface area contributed by atoms with Crippen molar-refractivity contribution in [1.29, 1.82) is 0 Å². The molecule has 1 heterocycles. The fraction of sp³-hybridized carbons (Fsp3) is 0.350. The largest absolute Gasteiger partial charge is 0.486 e. The van der Waals surface area contributed by atoms with Gasteiger partial charge in [-0.25, -0.2) is 0 Å². The Kier molecular flexibility index (Phi) is 6.01. The van der Waals surface area contributed by atoms with Gasteiger partial charge in [0.05, 0.1) is 12.5 Å². The second-order valence-corrected chi connectivity index (χ2v) is 6.93. The summed E-state index contributed by atoms with van der Waals surface area (Å²) in [6, 6.07) is 13.4. The highest BCUT2D eigenvalue weighted by molar-refractivity contribution is 6.30. The number of hydrogen-bond donors (Lipinski definition) is 1. The number of halogens is 1. The third kappa shape index (κ3) is 4.68. The number of ether oxygens (including phenoxy) is 2. The lowest BCUT2D eigenvalue weighted by Gasteiger charge is -2.25. The Morgan fingerprint density at radius 3 is 2.65 bits per heavy atom. The summed E-state index contributed by atoms with van der Waals surface area (Å²) in [5.74, 6) is 1.40. The van der Waals surface area contributed by atoms with Crippen molar-refractivity contribution in [2.75, 3.05) is 33.9 Å². The van der Waals surface area contributed by atoms with Crippen molar-refractivity contribution in [1.82, 2.24) is 10.2 Å². The van der Waals surface area contributed by atoms with Crippen LogP contribution in [-0.2, 0) is 11.2 Å². The molecule has 0 spiro atoms. The zero-order valence-corrected chi connectivity index (χ0v) is 15.8. The van der Waals surface area contributed by atoms with Crippen molar-refractivity contribution < 1.29 is 14.3 Å². The molecular weight excluding hydrogens is 352 g/mol. The van der Waals surface area contributed by atoms with E-state index in [4.69, 9.17) is 21.1 Å². The van der Waals surface area contributed by atoms with Crippen LogP contribution in [0.15, 0.2) is 42.5 Å². The van der Waals surface area contributed by atoms with E-state index in [9.17, 15) is 4.79 Å². The highest BCUT2D eigenvalue weighted by Gasteiger charge is 2.17. The summed E-state index contributed by atoms with van der Waals surface area (Å²) in [4.78, 5) is 14.4. The van der Waals surface area contributed by atoms with Crippen LogP contribution in [0.25, 0.3) is 0 Å². The quantitative estimate of drug-likeness (QED) is 0.844. The molecule has 1 aliphatic heterocycles. The molecule has 138 valence electrons. The van der Waals surface area contributed by atoms with Gasteiger partial charge >= 0.3 is 0 Å². The van der Waals surface area contributed by atoms with Crippen molar-refractivity contribution in [3.05, 3.63) is 58.6 Å². The second kappa shape index (κ2) is 8.43. The molecule has 1 amide bonds. The first kappa shape index (κ1) is 18.5. The fourth-order valence-electron chi connectivity index (χ4n) is 2.97. The standard InChI is InChI=1S/C20H23ClN2O3/c1-23(2)17(15-4-3-5-16(21)12-15)13-22-20(24)11-14-6-7-18-19(10-14)26-9-8-25-18/h3-7,10,12,17H,8-9,11,13H2,1-2H3,(H,22,24). The molecule has 2 aromatic rings. The monoisotopic (exact) mass is 374 g/mol. The Morgan fingerprint density at radius 2 is 1.92 bits per heavy atom. The fourth-order valence-corrected chi connectivity index (χ4v) is 3.17. The Morgan fingerprint density at radius 1 is 1.15 bits per heavy atom. The van der Waals surface area contributed by atoms with Crippen LogP contribution in [0.1, 0.15) is 17.2 Å². The van der Waals surface area contributed by atoms with Gasteiger partial charge in [-0.1, -0.05) is 29.8 Å². The van der Waals surface area contributed by atoms with E-state index in [0.717, 1.165) is 16.9 Å². The molecule has 0 saturated heterocycles. The van der Waals surface area contributed by atoms with Gasteiger partial charge in [-0.3, -0.25) is 4.79 Å². The summed E-state index contributed by atoms with van der Waals surface area (Å²) in [5.41, 5.74) is 1.97. The summed E-state index contributed by atoms with van der Waals surface area (Å²) >= 11 is 6.09. The van der Waals surface area contributed by atoms with Gasteiger partial charge in [0.2, 0.25) is 5.91 Å². The van der Waals surface area contributed by atoms with Crippen LogP contribution < -0.4 is 14.8 Å². The van der Waals surface area contributed by atoms with E-state index < -0.39 is 0 Å². The number of hydrogen-bond acceptors (Lipinski definition) is 4. The van der Waals surface area contributed by atoms with Crippen LogP contribution in [-0.4, -0.2) is 44.7 Å². The van der Waals surface area contributed by atoms with Crippen LogP contribution in [0, 0.1) is 0 Å². The van der Waals surface area contributed by atoms with Gasteiger partial charge in [-0.2, -0.15) is 0 Å². The molecule has 0 saturated carbocycles. The predicted molar refractivity (Wildman–Crippen MR) is 102 cm³/mol. The number of carbonyl (C=O) groups excluding carboxylic acids is 1. The smallest absolute Gasteiger partial charge is 0.224 e.